The summed E-state index contributed by atoms with van der Waals surface area (Å²) in [6.07, 6.45) is 1.07. The first kappa shape index (κ1) is 13.8. The monoisotopic (exact) mass is 264 g/mol. The fourth-order valence-corrected chi connectivity index (χ4v) is 2.25. The molecule has 5 heteroatoms. The zero-order valence-electron chi connectivity index (χ0n) is 11.8. The van der Waals surface area contributed by atoms with Crippen molar-refractivity contribution in [1.29, 1.82) is 0 Å². The van der Waals surface area contributed by atoms with E-state index >= 15 is 0 Å². The molecule has 19 heavy (non-hydrogen) atoms. The highest BCUT2D eigenvalue weighted by Gasteiger charge is 2.37. The lowest BCUT2D eigenvalue weighted by atomic mass is 9.95. The summed E-state index contributed by atoms with van der Waals surface area (Å²) >= 11 is 0. The summed E-state index contributed by atoms with van der Waals surface area (Å²) in [6, 6.07) is 3.54. The molecule has 1 saturated heterocycles. The van der Waals surface area contributed by atoms with Crippen molar-refractivity contribution in [2.24, 2.45) is 0 Å². The van der Waals surface area contributed by atoms with Gasteiger partial charge in [0.05, 0.1) is 30.0 Å². The van der Waals surface area contributed by atoms with Crippen LogP contribution >= 0.6 is 0 Å². The lowest BCUT2D eigenvalue weighted by molar-refractivity contribution is 0.0599. The Balaban J connectivity index is 2.19. The highest BCUT2D eigenvalue weighted by Crippen LogP contribution is 2.29. The fourth-order valence-electron chi connectivity index (χ4n) is 2.25. The van der Waals surface area contributed by atoms with Crippen molar-refractivity contribution >= 4 is 11.8 Å². The van der Waals surface area contributed by atoms with Crippen molar-refractivity contribution in [3.8, 4) is 0 Å². The zero-order valence-corrected chi connectivity index (χ0v) is 11.8. The van der Waals surface area contributed by atoms with Gasteiger partial charge in [-0.25, -0.2) is 9.78 Å². The molecule has 0 amide bonds. The van der Waals surface area contributed by atoms with E-state index in [-0.39, 0.29) is 17.6 Å². The lowest BCUT2D eigenvalue weighted by Crippen LogP contribution is -2.41. The van der Waals surface area contributed by atoms with Gasteiger partial charge in [-0.1, -0.05) is 0 Å². The number of esters is 1. The molecule has 1 aliphatic heterocycles. The fraction of sp³-hybridized carbons (Fsp3) is 0.571. The highest BCUT2D eigenvalue weighted by atomic mass is 16.5. The Bertz CT molecular complexity index is 490. The number of nitrogens with zero attached hydrogens (tertiary/aromatic N) is 1. The quantitative estimate of drug-likeness (QED) is 0.848. The van der Waals surface area contributed by atoms with E-state index in [9.17, 15) is 4.79 Å². The Morgan fingerprint density at radius 1 is 1.58 bits per heavy atom. The SMILES string of the molecule is COC(=O)c1ccc(NC2(C)CCOC2C)nc1C. The van der Waals surface area contributed by atoms with Crippen molar-refractivity contribution < 1.29 is 14.3 Å². The van der Waals surface area contributed by atoms with Gasteiger partial charge in [-0.15, -0.1) is 0 Å². The van der Waals surface area contributed by atoms with Gasteiger partial charge in [0.15, 0.2) is 0 Å². The molecule has 104 valence electrons. The van der Waals surface area contributed by atoms with Crippen LogP contribution in [-0.2, 0) is 9.47 Å². The number of carbonyl (C=O) groups excluding carboxylic acids is 1. The van der Waals surface area contributed by atoms with Crippen molar-refractivity contribution in [1.82, 2.24) is 4.98 Å². The van der Waals surface area contributed by atoms with Crippen LogP contribution in [0.2, 0.25) is 0 Å². The molecule has 1 N–H and O–H groups in total. The lowest BCUT2D eigenvalue weighted by Gasteiger charge is -2.29. The Hall–Kier alpha value is -1.62. The molecule has 2 heterocycles. The van der Waals surface area contributed by atoms with Crippen LogP contribution in [0.1, 0.15) is 36.3 Å². The molecule has 2 unspecified atom stereocenters. The number of pyridine rings is 1. The van der Waals surface area contributed by atoms with Crippen molar-refractivity contribution in [2.45, 2.75) is 38.8 Å². The molecular formula is C14H20N2O3. The molecular weight excluding hydrogens is 244 g/mol. The molecule has 0 aromatic carbocycles. The van der Waals surface area contributed by atoms with Crippen molar-refractivity contribution in [2.75, 3.05) is 19.0 Å². The number of aryl methyl sites for hydroxylation is 1. The smallest absolute Gasteiger partial charge is 0.339 e. The average molecular weight is 264 g/mol. The number of hydrogen-bond donors (Lipinski definition) is 1. The first-order valence-electron chi connectivity index (χ1n) is 6.42. The minimum Gasteiger partial charge on any atom is -0.465 e. The summed E-state index contributed by atoms with van der Waals surface area (Å²) in [7, 11) is 1.37. The maximum atomic E-state index is 11.5. The van der Waals surface area contributed by atoms with Gasteiger partial charge < -0.3 is 14.8 Å². The van der Waals surface area contributed by atoms with Crippen LogP contribution < -0.4 is 5.32 Å². The molecule has 1 fully saturated rings. The minimum atomic E-state index is -0.361. The van der Waals surface area contributed by atoms with Gasteiger partial charge in [0, 0.05) is 6.61 Å². The van der Waals surface area contributed by atoms with Crippen molar-refractivity contribution in [3.63, 3.8) is 0 Å². The molecule has 0 spiro atoms. The standard InChI is InChI=1S/C14H20N2O3/c1-9-11(13(17)18-4)5-6-12(15-9)16-14(3)7-8-19-10(14)2/h5-6,10H,7-8H2,1-4H3,(H,15,16). The first-order valence-corrected chi connectivity index (χ1v) is 6.42. The molecule has 2 rings (SSSR count). The second-order valence-electron chi connectivity index (χ2n) is 5.13. The van der Waals surface area contributed by atoms with Gasteiger partial charge in [0.25, 0.3) is 0 Å². The molecule has 1 aromatic rings. The molecule has 0 bridgehead atoms. The van der Waals surface area contributed by atoms with Crippen LogP contribution in [0.15, 0.2) is 12.1 Å². The Labute approximate surface area is 113 Å². The van der Waals surface area contributed by atoms with E-state index < -0.39 is 0 Å². The molecule has 0 radical (unpaired) electrons. The third-order valence-electron chi connectivity index (χ3n) is 3.79. The van der Waals surface area contributed by atoms with E-state index in [4.69, 9.17) is 9.47 Å². The number of ether oxygens (including phenoxy) is 2. The second-order valence-corrected chi connectivity index (χ2v) is 5.13. The normalized spacial score (nSPS) is 26.2. The Kier molecular flexibility index (Phi) is 3.75. The number of aromatic nitrogens is 1. The number of rotatable bonds is 3. The average Bonchev–Trinajstić information content (AvgIpc) is 2.68. The predicted octanol–water partition coefficient (Wildman–Crippen LogP) is 2.16. The van der Waals surface area contributed by atoms with Gasteiger partial charge >= 0.3 is 5.97 Å². The number of anilines is 1. The van der Waals surface area contributed by atoms with Gasteiger partial charge in [0.2, 0.25) is 0 Å². The molecule has 5 nitrogen and oxygen atoms in total. The summed E-state index contributed by atoms with van der Waals surface area (Å²) in [6.45, 7) is 6.73. The van der Waals surface area contributed by atoms with E-state index in [2.05, 4.69) is 24.1 Å². The summed E-state index contributed by atoms with van der Waals surface area (Å²) in [4.78, 5) is 15.9. The summed E-state index contributed by atoms with van der Waals surface area (Å²) in [5.74, 6) is 0.394. The zero-order chi connectivity index (χ0) is 14.0. The first-order chi connectivity index (χ1) is 8.96. The maximum absolute atomic E-state index is 11.5. The highest BCUT2D eigenvalue weighted by molar-refractivity contribution is 5.90. The van der Waals surface area contributed by atoms with E-state index in [1.807, 2.05) is 0 Å². The predicted molar refractivity (Wildman–Crippen MR) is 72.4 cm³/mol. The third kappa shape index (κ3) is 2.71. The van der Waals surface area contributed by atoms with Crippen LogP contribution in [0, 0.1) is 6.92 Å². The van der Waals surface area contributed by atoms with Gasteiger partial charge in [0.1, 0.15) is 5.82 Å². The van der Waals surface area contributed by atoms with E-state index in [0.717, 1.165) is 18.8 Å². The molecule has 0 saturated carbocycles. The van der Waals surface area contributed by atoms with Crippen molar-refractivity contribution in [3.05, 3.63) is 23.4 Å². The molecule has 2 atom stereocenters. The number of hydrogen-bond acceptors (Lipinski definition) is 5. The van der Waals surface area contributed by atoms with Crippen LogP contribution in [0.3, 0.4) is 0 Å². The van der Waals surface area contributed by atoms with E-state index in [0.29, 0.717) is 11.3 Å². The topological polar surface area (TPSA) is 60.5 Å². The maximum Gasteiger partial charge on any atom is 0.339 e. The number of carbonyl (C=O) groups is 1. The minimum absolute atomic E-state index is 0.119. The van der Waals surface area contributed by atoms with Crippen LogP contribution in [-0.4, -0.2) is 36.3 Å². The van der Waals surface area contributed by atoms with Crippen LogP contribution in [0.4, 0.5) is 5.82 Å². The van der Waals surface area contributed by atoms with Crippen LogP contribution in [0.25, 0.3) is 0 Å². The van der Waals surface area contributed by atoms with E-state index in [1.165, 1.54) is 7.11 Å². The third-order valence-corrected chi connectivity index (χ3v) is 3.79. The Morgan fingerprint density at radius 3 is 2.84 bits per heavy atom. The molecule has 0 aliphatic carbocycles. The summed E-state index contributed by atoms with van der Waals surface area (Å²) < 4.78 is 10.3. The van der Waals surface area contributed by atoms with Gasteiger partial charge in [-0.3, -0.25) is 0 Å². The second kappa shape index (κ2) is 5.17. The molecule has 1 aliphatic rings. The number of nitrogens with one attached hydrogen (secondary N) is 1. The largest absolute Gasteiger partial charge is 0.465 e. The van der Waals surface area contributed by atoms with Gasteiger partial charge in [-0.05, 0) is 39.3 Å². The van der Waals surface area contributed by atoms with Gasteiger partial charge in [-0.2, -0.15) is 0 Å². The summed E-state index contributed by atoms with van der Waals surface area (Å²) in [5.41, 5.74) is 1.03. The van der Waals surface area contributed by atoms with E-state index in [1.54, 1.807) is 19.1 Å². The Morgan fingerprint density at radius 2 is 2.32 bits per heavy atom. The molecule has 1 aromatic heterocycles. The van der Waals surface area contributed by atoms with Crippen LogP contribution in [0.5, 0.6) is 0 Å². The number of methoxy groups -OCH3 is 1. The summed E-state index contributed by atoms with van der Waals surface area (Å²) in [5, 5.41) is 3.40.